The number of carbonyl (C=O) groups excluding carboxylic acids is 1. The fourth-order valence-electron chi connectivity index (χ4n) is 2.23. The third-order valence-corrected chi connectivity index (χ3v) is 4.35. The molecular weight excluding hydrogens is 354 g/mol. The Labute approximate surface area is 152 Å². The van der Waals surface area contributed by atoms with E-state index in [-0.39, 0.29) is 11.1 Å². The van der Waals surface area contributed by atoms with Crippen LogP contribution in [0.5, 0.6) is 5.75 Å². The Morgan fingerprint density at radius 1 is 1.23 bits per heavy atom. The van der Waals surface area contributed by atoms with Crippen molar-refractivity contribution < 1.29 is 14.8 Å². The van der Waals surface area contributed by atoms with Crippen molar-refractivity contribution in [2.45, 2.75) is 0 Å². The first-order valence-electron chi connectivity index (χ1n) is 7.44. The van der Waals surface area contributed by atoms with Gasteiger partial charge in [0.05, 0.1) is 10.6 Å². The molecular formula is C18H13N3O4S. The van der Waals surface area contributed by atoms with Gasteiger partial charge in [-0.2, -0.15) is 0 Å². The second-order valence-corrected chi connectivity index (χ2v) is 6.16. The van der Waals surface area contributed by atoms with Crippen LogP contribution in [0, 0.1) is 10.1 Å². The number of hydrogen-bond acceptors (Lipinski definition) is 6. The number of carbonyl (C=O) groups is 1. The molecule has 0 bridgehead atoms. The predicted molar refractivity (Wildman–Crippen MR) is 100.0 cm³/mol. The monoisotopic (exact) mass is 367 g/mol. The van der Waals surface area contributed by atoms with Gasteiger partial charge in [0.1, 0.15) is 0 Å². The van der Waals surface area contributed by atoms with Gasteiger partial charge in [-0.15, -0.1) is 11.3 Å². The Morgan fingerprint density at radius 3 is 2.65 bits per heavy atom. The molecule has 0 aliphatic heterocycles. The van der Waals surface area contributed by atoms with E-state index < -0.39 is 22.3 Å². The first-order valence-corrected chi connectivity index (χ1v) is 8.32. The number of hydrogen-bond donors (Lipinski definition) is 2. The van der Waals surface area contributed by atoms with Crippen LogP contribution in [-0.4, -0.2) is 20.9 Å². The smallest absolute Gasteiger partial charge is 0.311 e. The molecule has 0 fully saturated rings. The molecule has 2 N–H and O–H groups in total. The molecule has 1 aromatic heterocycles. The maximum atomic E-state index is 12.3. The van der Waals surface area contributed by atoms with Gasteiger partial charge in [-0.25, -0.2) is 4.98 Å². The second-order valence-electron chi connectivity index (χ2n) is 5.30. The number of nitro groups is 1. The van der Waals surface area contributed by atoms with Gasteiger partial charge < -0.3 is 5.11 Å². The zero-order valence-corrected chi connectivity index (χ0v) is 14.2. The highest BCUT2D eigenvalue weighted by Crippen LogP contribution is 2.30. The summed E-state index contributed by atoms with van der Waals surface area (Å²) in [5.74, 6) is -1.00. The summed E-state index contributed by atoms with van der Waals surface area (Å²) in [6.07, 6.45) is 0. The van der Waals surface area contributed by atoms with Crippen LogP contribution >= 0.6 is 11.3 Å². The molecule has 0 aliphatic rings. The van der Waals surface area contributed by atoms with Gasteiger partial charge in [0.25, 0.3) is 5.91 Å². The lowest BCUT2D eigenvalue weighted by molar-refractivity contribution is -0.385. The second kappa shape index (κ2) is 7.16. The van der Waals surface area contributed by atoms with Crippen LogP contribution in [0.3, 0.4) is 0 Å². The van der Waals surface area contributed by atoms with E-state index in [1.165, 1.54) is 17.4 Å². The Hall–Kier alpha value is -3.52. The molecule has 8 heteroatoms. The Kier molecular flexibility index (Phi) is 4.76. The van der Waals surface area contributed by atoms with E-state index in [0.717, 1.165) is 23.4 Å². The van der Waals surface area contributed by atoms with Crippen molar-refractivity contribution in [3.05, 3.63) is 76.2 Å². The van der Waals surface area contributed by atoms with E-state index in [9.17, 15) is 20.0 Å². The summed E-state index contributed by atoms with van der Waals surface area (Å²) in [7, 11) is 0. The molecule has 0 saturated carbocycles. The number of benzene rings is 2. The summed E-state index contributed by atoms with van der Waals surface area (Å²) >= 11 is 1.26. The highest BCUT2D eigenvalue weighted by molar-refractivity contribution is 7.14. The van der Waals surface area contributed by atoms with Crippen LogP contribution in [0.25, 0.3) is 16.8 Å². The van der Waals surface area contributed by atoms with Crippen molar-refractivity contribution in [2.24, 2.45) is 0 Å². The topological polar surface area (TPSA) is 105 Å². The van der Waals surface area contributed by atoms with Crippen molar-refractivity contribution in [3.8, 4) is 17.0 Å². The molecule has 3 rings (SSSR count). The van der Waals surface area contributed by atoms with E-state index in [0.29, 0.717) is 5.13 Å². The van der Waals surface area contributed by atoms with E-state index in [4.69, 9.17) is 0 Å². The Bertz CT molecular complexity index is 999. The highest BCUT2D eigenvalue weighted by atomic mass is 32.1. The normalized spacial score (nSPS) is 10.3. The number of phenolic OH excluding ortho intramolecular Hbond substituents is 1. The molecule has 0 saturated heterocycles. The molecule has 2 aromatic carbocycles. The fraction of sp³-hybridized carbons (Fsp3) is 0. The standard InChI is InChI=1S/C18H13N3O4S/c1-11(13-7-8-16(22)15(9-13)21(24)25)17(23)20-18-19-14(10-26-18)12-5-3-2-4-6-12/h2-10,22H,1H2,(H,19,20,23). The number of phenols is 1. The third kappa shape index (κ3) is 3.60. The van der Waals surface area contributed by atoms with Crippen molar-refractivity contribution >= 4 is 33.6 Å². The lowest BCUT2D eigenvalue weighted by Gasteiger charge is -2.06. The minimum Gasteiger partial charge on any atom is -0.502 e. The number of thiazole rings is 1. The summed E-state index contributed by atoms with van der Waals surface area (Å²) in [6, 6.07) is 13.2. The summed E-state index contributed by atoms with van der Waals surface area (Å²) in [5, 5.41) is 25.2. The quantitative estimate of drug-likeness (QED) is 0.402. The van der Waals surface area contributed by atoms with E-state index in [2.05, 4.69) is 16.9 Å². The van der Waals surface area contributed by atoms with Crippen LogP contribution in [0.1, 0.15) is 5.56 Å². The van der Waals surface area contributed by atoms with Crippen molar-refractivity contribution in [1.29, 1.82) is 0 Å². The number of nitrogens with one attached hydrogen (secondary N) is 1. The summed E-state index contributed by atoms with van der Waals surface area (Å²) in [6.45, 7) is 3.68. The van der Waals surface area contributed by atoms with Gasteiger partial charge in [0, 0.05) is 22.6 Å². The number of nitrogens with zero attached hydrogens (tertiary/aromatic N) is 2. The zero-order valence-electron chi connectivity index (χ0n) is 13.4. The van der Waals surface area contributed by atoms with Crippen molar-refractivity contribution in [3.63, 3.8) is 0 Å². The molecule has 0 radical (unpaired) electrons. The van der Waals surface area contributed by atoms with Gasteiger partial charge in [0.15, 0.2) is 10.9 Å². The molecule has 0 unspecified atom stereocenters. The Balaban J connectivity index is 1.76. The summed E-state index contributed by atoms with van der Waals surface area (Å²) in [5.41, 5.74) is 1.45. The largest absolute Gasteiger partial charge is 0.502 e. The SMILES string of the molecule is C=C(C(=O)Nc1nc(-c2ccccc2)cs1)c1ccc(O)c([N+](=O)[O-])c1. The minimum absolute atomic E-state index is 0.0320. The number of rotatable bonds is 5. The zero-order chi connectivity index (χ0) is 18.7. The maximum Gasteiger partial charge on any atom is 0.311 e. The minimum atomic E-state index is -0.725. The highest BCUT2D eigenvalue weighted by Gasteiger charge is 2.18. The molecule has 3 aromatic rings. The van der Waals surface area contributed by atoms with Gasteiger partial charge in [-0.3, -0.25) is 20.2 Å². The molecule has 0 atom stereocenters. The lowest BCUT2D eigenvalue weighted by atomic mass is 10.1. The fourth-order valence-corrected chi connectivity index (χ4v) is 2.95. The van der Waals surface area contributed by atoms with Gasteiger partial charge in [-0.05, 0) is 11.6 Å². The van der Waals surface area contributed by atoms with E-state index in [1.54, 1.807) is 0 Å². The van der Waals surface area contributed by atoms with Gasteiger partial charge in [0.2, 0.25) is 0 Å². The number of anilines is 1. The molecule has 0 spiro atoms. The average Bonchev–Trinajstić information content (AvgIpc) is 3.10. The summed E-state index contributed by atoms with van der Waals surface area (Å²) < 4.78 is 0. The molecule has 1 heterocycles. The van der Waals surface area contributed by atoms with Crippen LogP contribution < -0.4 is 5.32 Å². The van der Waals surface area contributed by atoms with Crippen LogP contribution in [0.15, 0.2) is 60.5 Å². The van der Waals surface area contributed by atoms with Gasteiger partial charge >= 0.3 is 5.69 Å². The van der Waals surface area contributed by atoms with E-state index >= 15 is 0 Å². The molecule has 130 valence electrons. The number of amides is 1. The van der Waals surface area contributed by atoms with E-state index in [1.807, 2.05) is 35.7 Å². The van der Waals surface area contributed by atoms with Crippen LogP contribution in [0.4, 0.5) is 10.8 Å². The number of nitro benzene ring substituents is 1. The molecule has 0 aliphatic carbocycles. The van der Waals surface area contributed by atoms with Gasteiger partial charge in [-0.1, -0.05) is 43.0 Å². The third-order valence-electron chi connectivity index (χ3n) is 3.59. The number of aromatic nitrogens is 1. The van der Waals surface area contributed by atoms with Crippen LogP contribution in [0.2, 0.25) is 0 Å². The summed E-state index contributed by atoms with van der Waals surface area (Å²) in [4.78, 5) is 26.9. The first-order chi connectivity index (χ1) is 12.5. The molecule has 1 amide bonds. The van der Waals surface area contributed by atoms with Crippen LogP contribution in [-0.2, 0) is 4.79 Å². The van der Waals surface area contributed by atoms with Crippen molar-refractivity contribution in [1.82, 2.24) is 4.98 Å². The first kappa shape index (κ1) is 17.3. The number of aromatic hydroxyl groups is 1. The van der Waals surface area contributed by atoms with Crippen molar-refractivity contribution in [2.75, 3.05) is 5.32 Å². The Morgan fingerprint density at radius 2 is 1.96 bits per heavy atom. The predicted octanol–water partition coefficient (Wildman–Crippen LogP) is 4.08. The molecule has 7 nitrogen and oxygen atoms in total. The lowest BCUT2D eigenvalue weighted by Crippen LogP contribution is -2.12. The maximum absolute atomic E-state index is 12.3. The average molecular weight is 367 g/mol. The molecule has 26 heavy (non-hydrogen) atoms.